The second-order valence-electron chi connectivity index (χ2n) is 6.66. The van der Waals surface area contributed by atoms with Crippen LogP contribution in [-0.2, 0) is 11.3 Å². The van der Waals surface area contributed by atoms with Crippen LogP contribution < -0.4 is 9.47 Å². The number of alkyl halides is 2. The number of ether oxygens (including phenoxy) is 3. The molecule has 1 aliphatic heterocycles. The Labute approximate surface area is 162 Å². The zero-order valence-corrected chi connectivity index (χ0v) is 15.6. The molecule has 1 atom stereocenters. The Hall–Kier alpha value is -2.67. The monoisotopic (exact) mass is 391 g/mol. The lowest BCUT2D eigenvalue weighted by molar-refractivity contribution is -0.0498. The van der Waals surface area contributed by atoms with Gasteiger partial charge in [0.2, 0.25) is 0 Å². The molecule has 0 N–H and O–H groups in total. The molecule has 7 heteroatoms. The van der Waals surface area contributed by atoms with E-state index in [9.17, 15) is 13.6 Å². The van der Waals surface area contributed by atoms with E-state index >= 15 is 0 Å². The molecule has 1 unspecified atom stereocenters. The Bertz CT molecular complexity index is 776. The van der Waals surface area contributed by atoms with Crippen LogP contribution in [0.1, 0.15) is 28.8 Å². The van der Waals surface area contributed by atoms with Gasteiger partial charge in [-0.05, 0) is 48.7 Å². The molecule has 2 aromatic rings. The maximum Gasteiger partial charge on any atom is 0.387 e. The fourth-order valence-corrected chi connectivity index (χ4v) is 3.03. The minimum Gasteiger partial charge on any atom is -0.491 e. The number of nitrogens with zero attached hydrogens (tertiary/aromatic N) is 1. The lowest BCUT2D eigenvalue weighted by Gasteiger charge is -2.18. The Balaban J connectivity index is 1.57. The van der Waals surface area contributed by atoms with Crippen LogP contribution in [0.25, 0.3) is 0 Å². The molecule has 0 radical (unpaired) electrons. The first kappa shape index (κ1) is 20.1. The van der Waals surface area contributed by atoms with Crippen molar-refractivity contribution in [2.45, 2.75) is 32.1 Å². The Morgan fingerprint density at radius 3 is 2.68 bits per heavy atom. The molecule has 0 saturated carbocycles. The van der Waals surface area contributed by atoms with Crippen molar-refractivity contribution in [3.05, 3.63) is 59.7 Å². The van der Waals surface area contributed by atoms with E-state index in [1.165, 1.54) is 12.1 Å². The lowest BCUT2D eigenvalue weighted by atomic mass is 10.1. The third-order valence-corrected chi connectivity index (χ3v) is 4.46. The van der Waals surface area contributed by atoms with Crippen molar-refractivity contribution in [1.82, 2.24) is 4.90 Å². The van der Waals surface area contributed by atoms with Crippen LogP contribution in [0, 0.1) is 0 Å². The minimum atomic E-state index is -2.86. The maximum absolute atomic E-state index is 12.7. The average molecular weight is 391 g/mol. The summed E-state index contributed by atoms with van der Waals surface area (Å²) >= 11 is 0. The summed E-state index contributed by atoms with van der Waals surface area (Å²) in [6, 6.07) is 13.3. The summed E-state index contributed by atoms with van der Waals surface area (Å²) in [5.74, 6) is 0.558. The first-order valence-corrected chi connectivity index (χ1v) is 9.15. The van der Waals surface area contributed by atoms with Crippen molar-refractivity contribution >= 4 is 5.91 Å². The zero-order valence-electron chi connectivity index (χ0n) is 15.6. The van der Waals surface area contributed by atoms with Gasteiger partial charge in [0.25, 0.3) is 5.91 Å². The number of carbonyl (C=O) groups excluding carboxylic acids is 1. The van der Waals surface area contributed by atoms with Gasteiger partial charge in [0.05, 0.1) is 6.10 Å². The summed E-state index contributed by atoms with van der Waals surface area (Å²) in [7, 11) is 1.69. The highest BCUT2D eigenvalue weighted by Crippen LogP contribution is 2.19. The van der Waals surface area contributed by atoms with Gasteiger partial charge in [-0.15, -0.1) is 0 Å². The molecule has 1 saturated heterocycles. The number of amides is 1. The van der Waals surface area contributed by atoms with Gasteiger partial charge in [0.1, 0.15) is 18.1 Å². The van der Waals surface area contributed by atoms with E-state index in [0.29, 0.717) is 24.5 Å². The summed E-state index contributed by atoms with van der Waals surface area (Å²) in [6.45, 7) is -1.27. The van der Waals surface area contributed by atoms with Crippen LogP contribution in [0.15, 0.2) is 48.5 Å². The predicted octanol–water partition coefficient (Wildman–Crippen LogP) is 4.12. The average Bonchev–Trinajstić information content (AvgIpc) is 3.21. The van der Waals surface area contributed by atoms with Crippen LogP contribution in [0.3, 0.4) is 0 Å². The number of carbonyl (C=O) groups is 1. The molecule has 0 bridgehead atoms. The van der Waals surface area contributed by atoms with Gasteiger partial charge < -0.3 is 19.1 Å². The molecule has 28 heavy (non-hydrogen) atoms. The molecule has 1 aliphatic rings. The summed E-state index contributed by atoms with van der Waals surface area (Å²) in [6.07, 6.45) is 2.15. The standard InChI is InChI=1S/C21H23F2NO4/c1-24(13-15-7-9-17(10-8-15)28-21(22)23)20(25)16-4-2-5-18(12-16)27-14-19-6-3-11-26-19/h2,4-5,7-10,12,19,21H,3,6,11,13-14H2,1H3. The molecule has 5 nitrogen and oxygen atoms in total. The molecular formula is C21H23F2NO4. The number of rotatable bonds is 8. The number of hydrogen-bond acceptors (Lipinski definition) is 4. The summed E-state index contributed by atoms with van der Waals surface area (Å²) in [5.41, 5.74) is 1.33. The zero-order chi connectivity index (χ0) is 19.9. The Morgan fingerprint density at radius 2 is 2.00 bits per heavy atom. The smallest absolute Gasteiger partial charge is 0.387 e. The largest absolute Gasteiger partial charge is 0.491 e. The quantitative estimate of drug-likeness (QED) is 0.679. The molecular weight excluding hydrogens is 368 g/mol. The molecule has 3 rings (SSSR count). The van der Waals surface area contributed by atoms with Crippen LogP contribution >= 0.6 is 0 Å². The highest BCUT2D eigenvalue weighted by atomic mass is 19.3. The van der Waals surface area contributed by atoms with Gasteiger partial charge in [-0.1, -0.05) is 18.2 Å². The summed E-state index contributed by atoms with van der Waals surface area (Å²) in [5, 5.41) is 0. The molecule has 0 aliphatic carbocycles. The van der Waals surface area contributed by atoms with E-state index in [0.717, 1.165) is 25.0 Å². The van der Waals surface area contributed by atoms with Crippen LogP contribution in [0.2, 0.25) is 0 Å². The molecule has 0 spiro atoms. The maximum atomic E-state index is 12.7. The molecule has 2 aromatic carbocycles. The van der Waals surface area contributed by atoms with Crippen molar-refractivity contribution in [2.24, 2.45) is 0 Å². The van der Waals surface area contributed by atoms with E-state index in [-0.39, 0.29) is 17.8 Å². The Kier molecular flexibility index (Phi) is 6.81. The Morgan fingerprint density at radius 1 is 1.21 bits per heavy atom. The fourth-order valence-electron chi connectivity index (χ4n) is 3.03. The van der Waals surface area contributed by atoms with Crippen molar-refractivity contribution in [3.63, 3.8) is 0 Å². The first-order valence-electron chi connectivity index (χ1n) is 9.15. The van der Waals surface area contributed by atoms with Gasteiger partial charge in [0, 0.05) is 25.8 Å². The lowest BCUT2D eigenvalue weighted by Crippen LogP contribution is -2.26. The SMILES string of the molecule is CN(Cc1ccc(OC(F)F)cc1)C(=O)c1cccc(OCC2CCCO2)c1. The molecule has 1 amide bonds. The minimum absolute atomic E-state index is 0.0869. The van der Waals surface area contributed by atoms with Crippen molar-refractivity contribution in [3.8, 4) is 11.5 Å². The van der Waals surface area contributed by atoms with Gasteiger partial charge in [-0.25, -0.2) is 0 Å². The fraction of sp³-hybridized carbons (Fsp3) is 0.381. The van der Waals surface area contributed by atoms with Crippen molar-refractivity contribution in [1.29, 1.82) is 0 Å². The topological polar surface area (TPSA) is 48.0 Å². The highest BCUT2D eigenvalue weighted by Gasteiger charge is 2.17. The summed E-state index contributed by atoms with van der Waals surface area (Å²) < 4.78 is 40.0. The van der Waals surface area contributed by atoms with Crippen molar-refractivity contribution < 1.29 is 27.8 Å². The van der Waals surface area contributed by atoms with E-state index in [1.54, 1.807) is 42.3 Å². The van der Waals surface area contributed by atoms with Gasteiger partial charge in [0.15, 0.2) is 0 Å². The van der Waals surface area contributed by atoms with E-state index in [4.69, 9.17) is 9.47 Å². The van der Waals surface area contributed by atoms with E-state index in [2.05, 4.69) is 4.74 Å². The third kappa shape index (κ3) is 5.66. The molecule has 150 valence electrons. The second-order valence-corrected chi connectivity index (χ2v) is 6.66. The number of hydrogen-bond donors (Lipinski definition) is 0. The van der Waals surface area contributed by atoms with Crippen LogP contribution in [0.4, 0.5) is 8.78 Å². The molecule has 0 aromatic heterocycles. The normalized spacial score (nSPS) is 16.2. The van der Waals surface area contributed by atoms with Crippen LogP contribution in [-0.4, -0.2) is 43.8 Å². The molecule has 1 fully saturated rings. The van der Waals surface area contributed by atoms with Gasteiger partial charge >= 0.3 is 6.61 Å². The van der Waals surface area contributed by atoms with Crippen molar-refractivity contribution in [2.75, 3.05) is 20.3 Å². The summed E-state index contributed by atoms with van der Waals surface area (Å²) in [4.78, 5) is 14.3. The highest BCUT2D eigenvalue weighted by molar-refractivity contribution is 5.94. The third-order valence-electron chi connectivity index (χ3n) is 4.46. The van der Waals surface area contributed by atoms with E-state index < -0.39 is 6.61 Å². The second kappa shape index (κ2) is 9.50. The number of halogens is 2. The van der Waals surface area contributed by atoms with Crippen LogP contribution in [0.5, 0.6) is 11.5 Å². The number of benzene rings is 2. The molecule has 1 heterocycles. The van der Waals surface area contributed by atoms with Gasteiger partial charge in [-0.3, -0.25) is 4.79 Å². The predicted molar refractivity (Wildman–Crippen MR) is 99.8 cm³/mol. The van der Waals surface area contributed by atoms with E-state index in [1.807, 2.05) is 6.07 Å². The van der Waals surface area contributed by atoms with Gasteiger partial charge in [-0.2, -0.15) is 8.78 Å². The first-order chi connectivity index (χ1) is 13.5.